The van der Waals surface area contributed by atoms with Gasteiger partial charge in [-0.1, -0.05) is 5.21 Å². The van der Waals surface area contributed by atoms with Crippen molar-refractivity contribution in [1.29, 1.82) is 0 Å². The minimum absolute atomic E-state index is 0.607. The first-order valence-electron chi connectivity index (χ1n) is 6.67. The predicted molar refractivity (Wildman–Crippen MR) is 71.1 cm³/mol. The maximum absolute atomic E-state index is 5.51. The van der Waals surface area contributed by atoms with E-state index in [1.165, 1.54) is 19.4 Å². The number of aromatic nitrogens is 3. The van der Waals surface area contributed by atoms with Crippen LogP contribution in [0.5, 0.6) is 0 Å². The zero-order valence-electron chi connectivity index (χ0n) is 11.4. The van der Waals surface area contributed by atoms with Crippen LogP contribution in [0, 0.1) is 0 Å². The summed E-state index contributed by atoms with van der Waals surface area (Å²) in [6, 6.07) is 0.652. The molecule has 1 unspecified atom stereocenters. The van der Waals surface area contributed by atoms with Gasteiger partial charge >= 0.3 is 0 Å². The molecule has 1 aromatic rings. The summed E-state index contributed by atoms with van der Waals surface area (Å²) in [5.41, 5.74) is 6.56. The zero-order valence-corrected chi connectivity index (χ0v) is 11.4. The normalized spacial score (nSPS) is 21.0. The highest BCUT2D eigenvalue weighted by Gasteiger charge is 2.25. The van der Waals surface area contributed by atoms with Crippen LogP contribution in [0.2, 0.25) is 0 Å². The molecule has 0 saturated carbocycles. The maximum atomic E-state index is 5.51. The fraction of sp³-hybridized carbons (Fsp3) is 0.833. The molecule has 0 radical (unpaired) electrons. The standard InChI is InChI=1S/C12H24N6/c1-16(2)10-12-4-3-6-17(12)8-11-9-18(7-5-13)15-14-11/h9,12H,3-8,10,13H2,1-2H3. The van der Waals surface area contributed by atoms with Gasteiger partial charge in [0.25, 0.3) is 0 Å². The third-order valence-corrected chi connectivity index (χ3v) is 3.38. The molecule has 6 heteroatoms. The summed E-state index contributed by atoms with van der Waals surface area (Å²) in [6.45, 7) is 4.55. The van der Waals surface area contributed by atoms with Crippen molar-refractivity contribution in [2.45, 2.75) is 32.0 Å². The molecule has 18 heavy (non-hydrogen) atoms. The second-order valence-corrected chi connectivity index (χ2v) is 5.29. The van der Waals surface area contributed by atoms with Crippen LogP contribution in [0.4, 0.5) is 0 Å². The largest absolute Gasteiger partial charge is 0.329 e. The van der Waals surface area contributed by atoms with Gasteiger partial charge in [-0.05, 0) is 33.5 Å². The Morgan fingerprint density at radius 1 is 1.50 bits per heavy atom. The topological polar surface area (TPSA) is 63.2 Å². The van der Waals surface area contributed by atoms with Crippen LogP contribution in [0.15, 0.2) is 6.20 Å². The van der Waals surface area contributed by atoms with E-state index in [0.29, 0.717) is 12.6 Å². The monoisotopic (exact) mass is 252 g/mol. The van der Waals surface area contributed by atoms with Crippen molar-refractivity contribution in [3.8, 4) is 0 Å². The smallest absolute Gasteiger partial charge is 0.0967 e. The third-order valence-electron chi connectivity index (χ3n) is 3.38. The summed E-state index contributed by atoms with van der Waals surface area (Å²) in [6.07, 6.45) is 4.59. The Morgan fingerprint density at radius 2 is 2.33 bits per heavy atom. The molecule has 1 atom stereocenters. The molecule has 1 fully saturated rings. The van der Waals surface area contributed by atoms with Crippen molar-refractivity contribution in [2.24, 2.45) is 5.73 Å². The van der Waals surface area contributed by atoms with Gasteiger partial charge in [-0.15, -0.1) is 5.10 Å². The fourth-order valence-electron chi connectivity index (χ4n) is 2.59. The minimum atomic E-state index is 0.607. The quantitative estimate of drug-likeness (QED) is 0.757. The zero-order chi connectivity index (χ0) is 13.0. The summed E-state index contributed by atoms with van der Waals surface area (Å²) in [4.78, 5) is 4.77. The number of likely N-dealkylation sites (tertiary alicyclic amines) is 1. The Balaban J connectivity index is 1.90. The molecule has 0 bridgehead atoms. The highest BCUT2D eigenvalue weighted by atomic mass is 15.4. The number of hydrogen-bond donors (Lipinski definition) is 1. The van der Waals surface area contributed by atoms with E-state index in [9.17, 15) is 0 Å². The van der Waals surface area contributed by atoms with Gasteiger partial charge in [0.1, 0.15) is 0 Å². The first kappa shape index (κ1) is 13.5. The molecule has 2 heterocycles. The number of likely N-dealkylation sites (N-methyl/N-ethyl adjacent to an activating group) is 1. The average molecular weight is 252 g/mol. The van der Waals surface area contributed by atoms with Crippen molar-refractivity contribution in [3.05, 3.63) is 11.9 Å². The van der Waals surface area contributed by atoms with Crippen LogP contribution in [0.25, 0.3) is 0 Å². The van der Waals surface area contributed by atoms with Crippen molar-refractivity contribution >= 4 is 0 Å². The van der Waals surface area contributed by atoms with Crippen LogP contribution in [-0.4, -0.2) is 64.6 Å². The number of hydrogen-bond acceptors (Lipinski definition) is 5. The molecule has 1 aromatic heterocycles. The highest BCUT2D eigenvalue weighted by molar-refractivity contribution is 4.95. The molecule has 6 nitrogen and oxygen atoms in total. The maximum Gasteiger partial charge on any atom is 0.0967 e. The van der Waals surface area contributed by atoms with Crippen molar-refractivity contribution < 1.29 is 0 Å². The van der Waals surface area contributed by atoms with E-state index in [4.69, 9.17) is 5.73 Å². The lowest BCUT2D eigenvalue weighted by molar-refractivity contribution is 0.199. The van der Waals surface area contributed by atoms with Crippen LogP contribution in [0.3, 0.4) is 0 Å². The fourth-order valence-corrected chi connectivity index (χ4v) is 2.59. The van der Waals surface area contributed by atoms with E-state index in [1.54, 1.807) is 0 Å². The SMILES string of the molecule is CN(C)CC1CCCN1Cc1cn(CCN)nn1. The molecule has 2 rings (SSSR count). The minimum Gasteiger partial charge on any atom is -0.329 e. The molecule has 102 valence electrons. The van der Waals surface area contributed by atoms with E-state index < -0.39 is 0 Å². The molecular formula is C12H24N6. The Kier molecular flexibility index (Phi) is 4.68. The summed E-state index contributed by atoms with van der Waals surface area (Å²) in [7, 11) is 4.27. The van der Waals surface area contributed by atoms with Crippen LogP contribution in [-0.2, 0) is 13.1 Å². The van der Waals surface area contributed by atoms with Gasteiger partial charge in [0.2, 0.25) is 0 Å². The Bertz CT molecular complexity index is 361. The number of rotatable bonds is 6. The van der Waals surface area contributed by atoms with Gasteiger partial charge in [-0.2, -0.15) is 0 Å². The molecule has 0 aliphatic carbocycles. The molecule has 1 aliphatic heterocycles. The van der Waals surface area contributed by atoms with E-state index in [1.807, 2.05) is 10.9 Å². The van der Waals surface area contributed by atoms with E-state index >= 15 is 0 Å². The van der Waals surface area contributed by atoms with Crippen LogP contribution < -0.4 is 5.73 Å². The molecule has 0 spiro atoms. The lowest BCUT2D eigenvalue weighted by Gasteiger charge is -2.26. The van der Waals surface area contributed by atoms with Gasteiger partial charge in [-0.3, -0.25) is 9.58 Å². The van der Waals surface area contributed by atoms with E-state index in [0.717, 1.165) is 25.3 Å². The van der Waals surface area contributed by atoms with Crippen molar-refractivity contribution in [1.82, 2.24) is 24.8 Å². The molecule has 0 amide bonds. The van der Waals surface area contributed by atoms with Gasteiger partial charge in [0.15, 0.2) is 0 Å². The summed E-state index contributed by atoms with van der Waals surface area (Å²) in [5.74, 6) is 0. The lowest BCUT2D eigenvalue weighted by atomic mass is 10.2. The first-order valence-corrected chi connectivity index (χ1v) is 6.67. The highest BCUT2D eigenvalue weighted by Crippen LogP contribution is 2.19. The van der Waals surface area contributed by atoms with Crippen molar-refractivity contribution in [2.75, 3.05) is 33.7 Å². The van der Waals surface area contributed by atoms with E-state index in [-0.39, 0.29) is 0 Å². The molecule has 0 aromatic carbocycles. The third kappa shape index (κ3) is 3.51. The first-order chi connectivity index (χ1) is 8.69. The molecule has 2 N–H and O–H groups in total. The van der Waals surface area contributed by atoms with Crippen molar-refractivity contribution in [3.63, 3.8) is 0 Å². The second kappa shape index (κ2) is 6.26. The lowest BCUT2D eigenvalue weighted by Crippen LogP contribution is -2.37. The Labute approximate surface area is 109 Å². The summed E-state index contributed by atoms with van der Waals surface area (Å²) < 4.78 is 1.83. The summed E-state index contributed by atoms with van der Waals surface area (Å²) in [5, 5.41) is 8.30. The molecule has 1 aliphatic rings. The second-order valence-electron chi connectivity index (χ2n) is 5.29. The Hall–Kier alpha value is -0.980. The summed E-state index contributed by atoms with van der Waals surface area (Å²) >= 11 is 0. The van der Waals surface area contributed by atoms with Crippen LogP contribution >= 0.6 is 0 Å². The predicted octanol–water partition coefficient (Wildman–Crippen LogP) is -0.237. The Morgan fingerprint density at radius 3 is 3.06 bits per heavy atom. The van der Waals surface area contributed by atoms with Crippen LogP contribution in [0.1, 0.15) is 18.5 Å². The molecular weight excluding hydrogens is 228 g/mol. The van der Waals surface area contributed by atoms with Gasteiger partial charge in [0.05, 0.1) is 12.2 Å². The van der Waals surface area contributed by atoms with E-state index in [2.05, 4.69) is 34.2 Å². The van der Waals surface area contributed by atoms with Gasteiger partial charge in [0, 0.05) is 31.9 Å². The molecule has 1 saturated heterocycles. The van der Waals surface area contributed by atoms with Gasteiger partial charge in [-0.25, -0.2) is 0 Å². The average Bonchev–Trinajstić information content (AvgIpc) is 2.90. The number of nitrogens with zero attached hydrogens (tertiary/aromatic N) is 5. The number of nitrogens with two attached hydrogens (primary N) is 1. The van der Waals surface area contributed by atoms with Gasteiger partial charge < -0.3 is 10.6 Å².